The van der Waals surface area contributed by atoms with Crippen molar-refractivity contribution in [1.29, 1.82) is 0 Å². The summed E-state index contributed by atoms with van der Waals surface area (Å²) in [6, 6.07) is 2.12. The molecule has 1 atom stereocenters. The fourth-order valence-electron chi connectivity index (χ4n) is 1.94. The number of nitrogens with zero attached hydrogens (tertiary/aromatic N) is 1. The summed E-state index contributed by atoms with van der Waals surface area (Å²) in [6.45, 7) is 1.02. The van der Waals surface area contributed by atoms with Gasteiger partial charge in [0.15, 0.2) is 0 Å². The number of nitrogens with one attached hydrogen (secondary N) is 1. The summed E-state index contributed by atoms with van der Waals surface area (Å²) in [5.41, 5.74) is 1.50. The molecule has 0 unspecified atom stereocenters. The van der Waals surface area contributed by atoms with Crippen molar-refractivity contribution in [2.75, 3.05) is 6.54 Å². The highest BCUT2D eigenvalue weighted by molar-refractivity contribution is 6.58. The van der Waals surface area contributed by atoms with Crippen molar-refractivity contribution in [3.63, 3.8) is 0 Å². The topological polar surface area (TPSA) is 65.4 Å². The normalized spacial score (nSPS) is 21.3. The van der Waals surface area contributed by atoms with Gasteiger partial charge in [0.05, 0.1) is 0 Å². The molecule has 0 saturated carbocycles. The highest BCUT2D eigenvalue weighted by Gasteiger charge is 2.17. The maximum absolute atomic E-state index is 9.04. The van der Waals surface area contributed by atoms with E-state index in [1.165, 1.54) is 19.0 Å². The van der Waals surface area contributed by atoms with Crippen molar-refractivity contribution in [2.45, 2.75) is 25.3 Å². The summed E-state index contributed by atoms with van der Waals surface area (Å²) in [7, 11) is -1.43. The number of pyridine rings is 1. The predicted molar refractivity (Wildman–Crippen MR) is 58.7 cm³/mol. The Balaban J connectivity index is 2.16. The van der Waals surface area contributed by atoms with E-state index in [1.54, 1.807) is 12.3 Å². The van der Waals surface area contributed by atoms with E-state index in [1.807, 2.05) is 0 Å². The molecule has 15 heavy (non-hydrogen) atoms. The molecule has 1 aromatic heterocycles. The molecule has 1 aliphatic rings. The lowest BCUT2D eigenvalue weighted by Gasteiger charge is -2.23. The molecule has 1 fully saturated rings. The predicted octanol–water partition coefficient (Wildman–Crippen LogP) is -0.424. The van der Waals surface area contributed by atoms with Gasteiger partial charge < -0.3 is 15.4 Å². The van der Waals surface area contributed by atoms with Crippen LogP contribution in [0.3, 0.4) is 0 Å². The molecule has 80 valence electrons. The molecule has 2 heterocycles. The van der Waals surface area contributed by atoms with Gasteiger partial charge in [-0.1, -0.05) is 12.5 Å². The van der Waals surface area contributed by atoms with E-state index < -0.39 is 7.12 Å². The molecule has 0 spiro atoms. The summed E-state index contributed by atoms with van der Waals surface area (Å²) in [4.78, 5) is 4.02. The van der Waals surface area contributed by atoms with E-state index in [-0.39, 0.29) is 0 Å². The first-order chi connectivity index (χ1) is 7.27. The minimum atomic E-state index is -1.43. The molecule has 4 nitrogen and oxygen atoms in total. The summed E-state index contributed by atoms with van der Waals surface area (Å²) in [5.74, 6) is 0. The molecule has 2 rings (SSSR count). The van der Waals surface area contributed by atoms with E-state index in [0.717, 1.165) is 18.5 Å². The Bertz CT molecular complexity index is 327. The smallest absolute Gasteiger partial charge is 0.423 e. The number of piperidine rings is 1. The zero-order chi connectivity index (χ0) is 10.7. The number of hydrogen-bond acceptors (Lipinski definition) is 4. The van der Waals surface area contributed by atoms with Crippen LogP contribution in [0.2, 0.25) is 0 Å². The summed E-state index contributed by atoms with van der Waals surface area (Å²) >= 11 is 0. The quantitative estimate of drug-likeness (QED) is 0.575. The lowest BCUT2D eigenvalue weighted by atomic mass is 9.80. The van der Waals surface area contributed by atoms with Crippen molar-refractivity contribution in [3.05, 3.63) is 24.0 Å². The third-order valence-electron chi connectivity index (χ3n) is 2.79. The van der Waals surface area contributed by atoms with Gasteiger partial charge in [-0.2, -0.15) is 0 Å². The Morgan fingerprint density at radius 2 is 2.20 bits per heavy atom. The Kier molecular flexibility index (Phi) is 3.35. The third kappa shape index (κ3) is 2.56. The van der Waals surface area contributed by atoms with Gasteiger partial charge in [0.1, 0.15) is 0 Å². The van der Waals surface area contributed by atoms with Crippen LogP contribution >= 0.6 is 0 Å². The van der Waals surface area contributed by atoms with Crippen LogP contribution in [0.4, 0.5) is 0 Å². The van der Waals surface area contributed by atoms with Crippen LogP contribution in [-0.4, -0.2) is 28.7 Å². The van der Waals surface area contributed by atoms with E-state index >= 15 is 0 Å². The molecule has 0 bridgehead atoms. The fourth-order valence-corrected chi connectivity index (χ4v) is 1.94. The molecule has 1 aromatic rings. The average Bonchev–Trinajstić information content (AvgIpc) is 2.30. The molecule has 0 amide bonds. The molecular formula is C10H15BN2O2. The van der Waals surface area contributed by atoms with Crippen LogP contribution in [0.15, 0.2) is 18.5 Å². The van der Waals surface area contributed by atoms with E-state index in [9.17, 15) is 0 Å². The zero-order valence-electron chi connectivity index (χ0n) is 8.56. The highest BCUT2D eigenvalue weighted by atomic mass is 16.4. The van der Waals surface area contributed by atoms with Crippen molar-refractivity contribution in [1.82, 2.24) is 10.3 Å². The van der Waals surface area contributed by atoms with E-state index in [2.05, 4.69) is 10.3 Å². The van der Waals surface area contributed by atoms with Crippen LogP contribution in [0.1, 0.15) is 30.9 Å². The molecular weight excluding hydrogens is 191 g/mol. The van der Waals surface area contributed by atoms with Crippen LogP contribution in [0.5, 0.6) is 0 Å². The van der Waals surface area contributed by atoms with Gasteiger partial charge in [0, 0.05) is 23.9 Å². The van der Waals surface area contributed by atoms with Gasteiger partial charge in [-0.3, -0.25) is 4.98 Å². The van der Waals surface area contributed by atoms with Crippen LogP contribution in [0, 0.1) is 0 Å². The molecule has 3 N–H and O–H groups in total. The van der Waals surface area contributed by atoms with Gasteiger partial charge >= 0.3 is 7.12 Å². The maximum atomic E-state index is 9.04. The van der Waals surface area contributed by atoms with Crippen molar-refractivity contribution in [2.24, 2.45) is 0 Å². The van der Waals surface area contributed by atoms with Gasteiger partial charge in [0.2, 0.25) is 0 Å². The highest BCUT2D eigenvalue weighted by Crippen LogP contribution is 2.21. The largest absolute Gasteiger partial charge is 0.490 e. The van der Waals surface area contributed by atoms with E-state index in [0.29, 0.717) is 11.5 Å². The minimum absolute atomic E-state index is 0.310. The molecule has 5 heteroatoms. The van der Waals surface area contributed by atoms with Crippen molar-refractivity contribution in [3.8, 4) is 0 Å². The van der Waals surface area contributed by atoms with Crippen molar-refractivity contribution < 1.29 is 10.0 Å². The number of rotatable bonds is 2. The Hall–Kier alpha value is -0.905. The second-order valence-corrected chi connectivity index (χ2v) is 3.93. The Morgan fingerprint density at radius 3 is 2.87 bits per heavy atom. The van der Waals surface area contributed by atoms with Crippen LogP contribution in [0.25, 0.3) is 0 Å². The second kappa shape index (κ2) is 4.74. The van der Waals surface area contributed by atoms with Crippen LogP contribution in [-0.2, 0) is 0 Å². The first-order valence-corrected chi connectivity index (χ1v) is 5.32. The number of hydrogen-bond donors (Lipinski definition) is 3. The molecule has 1 saturated heterocycles. The zero-order valence-corrected chi connectivity index (χ0v) is 8.56. The molecule has 0 aliphatic carbocycles. The van der Waals surface area contributed by atoms with E-state index in [4.69, 9.17) is 10.0 Å². The van der Waals surface area contributed by atoms with Gasteiger partial charge in [-0.25, -0.2) is 0 Å². The third-order valence-corrected chi connectivity index (χ3v) is 2.79. The molecule has 0 aromatic carbocycles. The summed E-state index contributed by atoms with van der Waals surface area (Å²) < 4.78 is 0. The van der Waals surface area contributed by atoms with Crippen molar-refractivity contribution >= 4 is 12.6 Å². The summed E-state index contributed by atoms with van der Waals surface area (Å²) in [6.07, 6.45) is 6.79. The molecule has 1 aliphatic heterocycles. The van der Waals surface area contributed by atoms with Gasteiger partial charge in [0.25, 0.3) is 0 Å². The van der Waals surface area contributed by atoms with Gasteiger partial charge in [-0.05, 0) is 24.9 Å². The first-order valence-electron chi connectivity index (χ1n) is 5.32. The average molecular weight is 206 g/mol. The fraction of sp³-hybridized carbons (Fsp3) is 0.500. The van der Waals surface area contributed by atoms with Gasteiger partial charge in [-0.15, -0.1) is 0 Å². The minimum Gasteiger partial charge on any atom is -0.423 e. The van der Waals surface area contributed by atoms with Crippen LogP contribution < -0.4 is 10.8 Å². The Labute approximate surface area is 89.5 Å². The summed E-state index contributed by atoms with van der Waals surface area (Å²) in [5, 5.41) is 21.5. The lowest BCUT2D eigenvalue weighted by Crippen LogP contribution is -2.32. The monoisotopic (exact) mass is 206 g/mol. The SMILES string of the molecule is OB(O)c1cncc([C@@H]2CCCCN2)c1. The standard InChI is InChI=1S/C10H15BN2O2/c14-11(15)9-5-8(6-12-7-9)10-3-1-2-4-13-10/h5-7,10,13-15H,1-4H2/t10-/m0/s1. The number of aromatic nitrogens is 1. The first kappa shape index (κ1) is 10.6. The Morgan fingerprint density at radius 1 is 1.33 bits per heavy atom. The lowest BCUT2D eigenvalue weighted by molar-refractivity contribution is 0.410. The maximum Gasteiger partial charge on any atom is 0.490 e. The second-order valence-electron chi connectivity index (χ2n) is 3.93. The molecule has 0 radical (unpaired) electrons.